The normalized spacial score (nSPS) is 11.7. The highest BCUT2D eigenvalue weighted by Crippen LogP contribution is 2.24. The summed E-state index contributed by atoms with van der Waals surface area (Å²) in [7, 11) is 2.82. The third kappa shape index (κ3) is 8.29. The van der Waals surface area contributed by atoms with Crippen LogP contribution in [0.5, 0.6) is 5.75 Å². The number of halogens is 1. The third-order valence-corrected chi connectivity index (χ3v) is 6.19. The standard InChI is InChI=1S/C20H31BrN4O3Si/c1-24(2)10-11-28-17-9-7-6-8-16(17)22-20(26)19-23-18(21)14-25(19)15-27-12-13-29(3,4)5/h6-9,14H,10-13,15H2,1-5H3,(H,22,26). The van der Waals surface area contributed by atoms with E-state index in [0.717, 1.165) is 12.6 Å². The van der Waals surface area contributed by atoms with Crippen molar-refractivity contribution >= 4 is 35.6 Å². The molecule has 2 aromatic rings. The van der Waals surface area contributed by atoms with Crippen molar-refractivity contribution in [3.8, 4) is 5.75 Å². The molecule has 0 saturated heterocycles. The molecule has 29 heavy (non-hydrogen) atoms. The van der Waals surface area contributed by atoms with Crippen LogP contribution >= 0.6 is 15.9 Å². The van der Waals surface area contributed by atoms with Crippen LogP contribution in [0.4, 0.5) is 5.69 Å². The summed E-state index contributed by atoms with van der Waals surface area (Å²) in [6.07, 6.45) is 1.75. The summed E-state index contributed by atoms with van der Waals surface area (Å²) in [4.78, 5) is 19.2. The lowest BCUT2D eigenvalue weighted by Crippen LogP contribution is -2.23. The first-order chi connectivity index (χ1) is 13.7. The van der Waals surface area contributed by atoms with Gasteiger partial charge in [0.05, 0.1) is 5.69 Å². The molecule has 7 nitrogen and oxygen atoms in total. The number of amides is 1. The minimum absolute atomic E-state index is 0.285. The molecule has 1 heterocycles. The number of nitrogens with zero attached hydrogens (tertiary/aromatic N) is 3. The van der Waals surface area contributed by atoms with Crippen LogP contribution in [0.25, 0.3) is 0 Å². The molecule has 0 fully saturated rings. The van der Waals surface area contributed by atoms with Crippen LogP contribution in [0.3, 0.4) is 0 Å². The average Bonchev–Trinajstić information content (AvgIpc) is 3.00. The van der Waals surface area contributed by atoms with Gasteiger partial charge in [0.25, 0.3) is 5.91 Å². The van der Waals surface area contributed by atoms with Crippen molar-refractivity contribution in [1.29, 1.82) is 0 Å². The number of aromatic nitrogens is 2. The van der Waals surface area contributed by atoms with Gasteiger partial charge in [-0.2, -0.15) is 0 Å². The number of benzene rings is 1. The molecular weight excluding hydrogens is 452 g/mol. The third-order valence-electron chi connectivity index (χ3n) is 4.11. The number of imidazole rings is 1. The summed E-state index contributed by atoms with van der Waals surface area (Å²) in [5.41, 5.74) is 0.613. The van der Waals surface area contributed by atoms with Crippen molar-refractivity contribution in [3.63, 3.8) is 0 Å². The highest BCUT2D eigenvalue weighted by atomic mass is 79.9. The van der Waals surface area contributed by atoms with Gasteiger partial charge in [-0.3, -0.25) is 4.79 Å². The Labute approximate surface area is 182 Å². The first-order valence-corrected chi connectivity index (χ1v) is 14.1. The zero-order chi connectivity index (χ0) is 21.4. The van der Waals surface area contributed by atoms with Crippen LogP contribution in [0.1, 0.15) is 10.6 Å². The molecule has 9 heteroatoms. The van der Waals surface area contributed by atoms with Crippen LogP contribution < -0.4 is 10.1 Å². The van der Waals surface area contributed by atoms with E-state index < -0.39 is 8.07 Å². The molecule has 0 radical (unpaired) electrons. The van der Waals surface area contributed by atoms with Gasteiger partial charge in [0.15, 0.2) is 0 Å². The highest BCUT2D eigenvalue weighted by molar-refractivity contribution is 9.10. The van der Waals surface area contributed by atoms with Crippen LogP contribution in [-0.2, 0) is 11.5 Å². The van der Waals surface area contributed by atoms with Crippen molar-refractivity contribution < 1.29 is 14.3 Å². The summed E-state index contributed by atoms with van der Waals surface area (Å²) in [5.74, 6) is 0.604. The predicted molar refractivity (Wildman–Crippen MR) is 122 cm³/mol. The van der Waals surface area contributed by atoms with Gasteiger partial charge in [-0.15, -0.1) is 0 Å². The fourth-order valence-electron chi connectivity index (χ4n) is 2.42. The van der Waals surface area contributed by atoms with E-state index in [1.807, 2.05) is 43.3 Å². The Kier molecular flexibility index (Phi) is 8.88. The van der Waals surface area contributed by atoms with E-state index in [9.17, 15) is 4.79 Å². The van der Waals surface area contributed by atoms with E-state index in [4.69, 9.17) is 9.47 Å². The molecule has 0 unspecified atom stereocenters. The van der Waals surface area contributed by atoms with Crippen molar-refractivity contribution in [2.24, 2.45) is 0 Å². The molecule has 0 aliphatic rings. The molecule has 160 valence electrons. The predicted octanol–water partition coefficient (Wildman–Crippen LogP) is 4.15. The lowest BCUT2D eigenvalue weighted by molar-refractivity contribution is 0.0808. The highest BCUT2D eigenvalue weighted by Gasteiger charge is 2.18. The van der Waals surface area contributed by atoms with Crippen LogP contribution in [0.2, 0.25) is 25.7 Å². The van der Waals surface area contributed by atoms with E-state index in [0.29, 0.717) is 29.3 Å². The molecule has 1 N–H and O–H groups in total. The van der Waals surface area contributed by atoms with Crippen molar-refractivity contribution in [2.75, 3.05) is 39.2 Å². The maximum Gasteiger partial charge on any atom is 0.291 e. The SMILES string of the molecule is CN(C)CCOc1ccccc1NC(=O)c1nc(Br)cn1COCC[Si](C)(C)C. The number of para-hydroxylation sites is 2. The van der Waals surface area contributed by atoms with E-state index in [1.165, 1.54) is 0 Å². The molecule has 0 aliphatic heterocycles. The number of carbonyl (C=O) groups is 1. The molecule has 0 bridgehead atoms. The maximum atomic E-state index is 12.8. The van der Waals surface area contributed by atoms with E-state index in [-0.39, 0.29) is 18.5 Å². The first-order valence-electron chi connectivity index (χ1n) is 9.64. The number of ether oxygens (including phenoxy) is 2. The van der Waals surface area contributed by atoms with Crippen LogP contribution in [0, 0.1) is 0 Å². The quantitative estimate of drug-likeness (QED) is 0.384. The second kappa shape index (κ2) is 10.9. The second-order valence-electron chi connectivity index (χ2n) is 8.31. The molecule has 2 rings (SSSR count). The minimum atomic E-state index is -1.16. The van der Waals surface area contributed by atoms with E-state index in [1.54, 1.807) is 10.8 Å². The topological polar surface area (TPSA) is 68.6 Å². The van der Waals surface area contributed by atoms with Gasteiger partial charge in [0.2, 0.25) is 5.82 Å². The van der Waals surface area contributed by atoms with Gasteiger partial charge in [0, 0.05) is 27.4 Å². The summed E-state index contributed by atoms with van der Waals surface area (Å²) in [5, 5.41) is 2.90. The minimum Gasteiger partial charge on any atom is -0.490 e. The van der Waals surface area contributed by atoms with E-state index in [2.05, 4.69) is 45.9 Å². The Morgan fingerprint density at radius 3 is 2.66 bits per heavy atom. The van der Waals surface area contributed by atoms with Gasteiger partial charge in [0.1, 0.15) is 23.7 Å². The van der Waals surface area contributed by atoms with Crippen molar-refractivity contribution in [1.82, 2.24) is 14.5 Å². The fraction of sp³-hybridized carbons (Fsp3) is 0.500. The van der Waals surface area contributed by atoms with Crippen molar-refractivity contribution in [3.05, 3.63) is 40.9 Å². The summed E-state index contributed by atoms with van der Waals surface area (Å²) < 4.78 is 13.9. The maximum absolute atomic E-state index is 12.8. The number of rotatable bonds is 11. The van der Waals surface area contributed by atoms with Crippen LogP contribution in [0.15, 0.2) is 35.1 Å². The molecule has 1 amide bonds. The number of anilines is 1. The Bertz CT molecular complexity index is 805. The number of hydrogen-bond acceptors (Lipinski definition) is 5. The zero-order valence-corrected chi connectivity index (χ0v) is 20.5. The van der Waals surface area contributed by atoms with Gasteiger partial charge >= 0.3 is 0 Å². The monoisotopic (exact) mass is 482 g/mol. The summed E-state index contributed by atoms with van der Waals surface area (Å²) in [6.45, 7) is 9.20. The number of nitrogens with one attached hydrogen (secondary N) is 1. The van der Waals surface area contributed by atoms with E-state index >= 15 is 0 Å². The molecule has 0 atom stereocenters. The Morgan fingerprint density at radius 1 is 1.24 bits per heavy atom. The zero-order valence-electron chi connectivity index (χ0n) is 17.9. The molecule has 1 aromatic carbocycles. The number of carbonyl (C=O) groups excluding carboxylic acids is 1. The van der Waals surface area contributed by atoms with Crippen molar-refractivity contribution in [2.45, 2.75) is 32.4 Å². The van der Waals surface area contributed by atoms with Gasteiger partial charge < -0.3 is 24.3 Å². The molecule has 0 aliphatic carbocycles. The molecule has 0 saturated carbocycles. The lowest BCUT2D eigenvalue weighted by atomic mass is 10.3. The Hall–Kier alpha value is -1.68. The van der Waals surface area contributed by atoms with Gasteiger partial charge in [-0.1, -0.05) is 31.8 Å². The van der Waals surface area contributed by atoms with Crippen LogP contribution in [-0.4, -0.2) is 62.3 Å². The molecular formula is C20H31BrN4O3Si. The number of likely N-dealkylation sites (N-methyl/N-ethyl adjacent to an activating group) is 1. The first kappa shape index (κ1) is 23.6. The summed E-state index contributed by atoms with van der Waals surface area (Å²) in [6, 6.07) is 8.46. The average molecular weight is 483 g/mol. The Morgan fingerprint density at radius 2 is 1.97 bits per heavy atom. The molecule has 1 aromatic heterocycles. The van der Waals surface area contributed by atoms with Gasteiger partial charge in [-0.05, 0) is 48.2 Å². The number of hydrogen-bond donors (Lipinski definition) is 1. The lowest BCUT2D eigenvalue weighted by Gasteiger charge is -2.16. The fourth-order valence-corrected chi connectivity index (χ4v) is 3.59. The smallest absolute Gasteiger partial charge is 0.291 e. The second-order valence-corrected chi connectivity index (χ2v) is 14.7. The Balaban J connectivity index is 2.02. The van der Waals surface area contributed by atoms with Gasteiger partial charge in [-0.25, -0.2) is 4.98 Å². The molecule has 0 spiro atoms. The summed E-state index contributed by atoms with van der Waals surface area (Å²) >= 11 is 3.35. The largest absolute Gasteiger partial charge is 0.490 e.